The molecule has 0 aliphatic carbocycles. The van der Waals surface area contributed by atoms with Crippen molar-refractivity contribution >= 4 is 33.1 Å². The summed E-state index contributed by atoms with van der Waals surface area (Å²) in [6.07, 6.45) is 15.1. The smallest absolute Gasteiger partial charge is 0.162 e. The largest absolute Gasteiger partial charge is 0.512 e. The number of aliphatic hydroxyl groups excluding tert-OH is 2. The quantitative estimate of drug-likeness (QED) is 0.0466. The van der Waals surface area contributed by atoms with Crippen LogP contribution in [0.1, 0.15) is 182 Å². The van der Waals surface area contributed by atoms with Crippen LogP contribution in [0.4, 0.5) is 0 Å². The molecule has 4 heterocycles. The van der Waals surface area contributed by atoms with E-state index in [9.17, 15) is 19.8 Å². The Bertz CT molecular complexity index is 4440. The standard InChI is InChI=1S/2C20H20N.C18H14N.C13H24O2.C12H10N.C11H20O2.3Ir/c2*1-13(2)17-6-5-16-7-8-21-20(19(16)12-17)18-10-14(3)9-15(4)11-18;1-14-12-18(16-10-6-3-7-11-16)19-13-17(14)15-8-4-2-5-9-15;1-5-10(6-2)12(14)9-13(15)11(7-3)8-4;1-10-7-8-12(13-9-10)11-5-3-2-4-6-11;1-5-8(3)10(12)7-11(13)9(4)6-2;;;/h2*5-10,12-13H,1-4H3;2-10,12-13H,1H3;9-11,14H,5-8H2,1-4H3;2-5,7-9H,1H3;7-9,12H,5-6H2,1-4H3;;;/q3*-1;;-1;;;;/i;;;;1D3;;;;. The third kappa shape index (κ3) is 28.4. The molecular formula is C94H108Ir3N4O4-4. The van der Waals surface area contributed by atoms with Crippen molar-refractivity contribution in [3.05, 3.63) is 287 Å². The fourth-order valence-electron chi connectivity index (χ4n) is 11.5. The number of aromatic nitrogens is 4. The number of benzene rings is 7. The van der Waals surface area contributed by atoms with Gasteiger partial charge in [0, 0.05) is 131 Å². The van der Waals surface area contributed by atoms with Gasteiger partial charge >= 0.3 is 0 Å². The van der Waals surface area contributed by atoms with Crippen molar-refractivity contribution in [3.8, 4) is 56.2 Å². The summed E-state index contributed by atoms with van der Waals surface area (Å²) in [5.74, 6) is 1.94. The Kier molecular flexibility index (Phi) is 38.4. The molecule has 3 radical (unpaired) electrons. The van der Waals surface area contributed by atoms with Crippen LogP contribution in [0.3, 0.4) is 0 Å². The van der Waals surface area contributed by atoms with Crippen LogP contribution in [0.2, 0.25) is 0 Å². The summed E-state index contributed by atoms with van der Waals surface area (Å²) >= 11 is 0. The van der Waals surface area contributed by atoms with E-state index in [0.29, 0.717) is 11.8 Å². The second-order valence-electron chi connectivity index (χ2n) is 26.9. The SMILES string of the molecule is CCC(C)C(=O)C=C(O)C(C)CC.CCC(CC)C(=O)C=C(O)C(CC)CC.Cc1[c-]c(-c2nccc3ccc(C(C)C)cc23)cc(C)c1.Cc1[c-]c(-c2nccc3ccc(C(C)C)cc23)cc(C)c1.Cc1cc(-c2[c-]cccc2)ncc1-c1ccccc1.[2H]C([2H])([2H])c1ccc(-c2[c-]cccc2)nc1.[Ir].[Ir].[Ir]. The van der Waals surface area contributed by atoms with E-state index in [1.54, 1.807) is 18.2 Å². The van der Waals surface area contributed by atoms with E-state index in [4.69, 9.17) is 4.11 Å². The fourth-order valence-corrected chi connectivity index (χ4v) is 11.5. The molecule has 0 bridgehead atoms. The van der Waals surface area contributed by atoms with Gasteiger partial charge in [0.05, 0.1) is 11.5 Å². The minimum Gasteiger partial charge on any atom is -0.512 e. The summed E-state index contributed by atoms with van der Waals surface area (Å²) < 4.78 is 21.7. The average molecular weight is 1940 g/mol. The van der Waals surface area contributed by atoms with Crippen molar-refractivity contribution in [1.29, 1.82) is 0 Å². The van der Waals surface area contributed by atoms with E-state index in [0.717, 1.165) is 94.7 Å². The summed E-state index contributed by atoms with van der Waals surface area (Å²) in [4.78, 5) is 41.0. The van der Waals surface area contributed by atoms with Crippen molar-refractivity contribution in [2.75, 3.05) is 0 Å². The normalized spacial score (nSPS) is 12.0. The minimum absolute atomic E-state index is 0. The molecule has 0 fully saturated rings. The van der Waals surface area contributed by atoms with Crippen LogP contribution >= 0.6 is 0 Å². The first-order chi connectivity index (χ1) is 50.1. The molecule has 0 saturated heterocycles. The van der Waals surface area contributed by atoms with Gasteiger partial charge in [-0.15, -0.1) is 142 Å². The van der Waals surface area contributed by atoms with Crippen LogP contribution < -0.4 is 0 Å². The van der Waals surface area contributed by atoms with Crippen molar-refractivity contribution in [2.24, 2.45) is 23.7 Å². The number of hydrogen-bond acceptors (Lipinski definition) is 8. The van der Waals surface area contributed by atoms with Gasteiger partial charge in [0.2, 0.25) is 0 Å². The maximum atomic E-state index is 11.7. The van der Waals surface area contributed by atoms with Gasteiger partial charge in [0.15, 0.2) is 11.6 Å². The monoisotopic (exact) mass is 1940 g/mol. The Hall–Kier alpha value is -7.97. The molecule has 0 spiro atoms. The molecular weight excluding hydrogens is 1830 g/mol. The molecule has 105 heavy (non-hydrogen) atoms. The maximum absolute atomic E-state index is 11.7. The number of ketones is 2. The van der Waals surface area contributed by atoms with Gasteiger partial charge in [-0.05, 0) is 148 Å². The molecule has 0 amide bonds. The molecule has 7 aromatic carbocycles. The average Bonchev–Trinajstić information content (AvgIpc) is 0.788. The van der Waals surface area contributed by atoms with Crippen LogP contribution in [0.15, 0.2) is 218 Å². The molecule has 2 N–H and O–H groups in total. The van der Waals surface area contributed by atoms with Crippen molar-refractivity contribution in [2.45, 2.75) is 175 Å². The Morgan fingerprint density at radius 3 is 1.32 bits per heavy atom. The van der Waals surface area contributed by atoms with Gasteiger partial charge in [-0.25, -0.2) is 0 Å². The number of aryl methyl sites for hydroxylation is 6. The summed E-state index contributed by atoms with van der Waals surface area (Å²) in [6.45, 7) is 33.1. The number of rotatable bonds is 19. The van der Waals surface area contributed by atoms with Gasteiger partial charge < -0.3 is 30.1 Å². The first-order valence-electron chi connectivity index (χ1n) is 37.7. The zero-order valence-corrected chi connectivity index (χ0v) is 71.5. The predicted molar refractivity (Wildman–Crippen MR) is 430 cm³/mol. The molecule has 0 aliphatic heterocycles. The van der Waals surface area contributed by atoms with Crippen molar-refractivity contribution < 1.29 is 84.2 Å². The number of pyridine rings is 4. The van der Waals surface area contributed by atoms with E-state index in [1.165, 1.54) is 78.8 Å². The van der Waals surface area contributed by atoms with Gasteiger partial charge in [-0.3, -0.25) is 9.59 Å². The summed E-state index contributed by atoms with van der Waals surface area (Å²) in [5, 5.41) is 24.1. The number of aliphatic hydroxyl groups is 2. The van der Waals surface area contributed by atoms with Gasteiger partial charge in [0.1, 0.15) is 0 Å². The molecule has 559 valence electrons. The Balaban J connectivity index is 0.000000337. The summed E-state index contributed by atoms with van der Waals surface area (Å²) in [7, 11) is 0. The van der Waals surface area contributed by atoms with Gasteiger partial charge in [0.25, 0.3) is 0 Å². The Morgan fingerprint density at radius 2 is 0.914 bits per heavy atom. The predicted octanol–water partition coefficient (Wildman–Crippen LogP) is 25.2. The van der Waals surface area contributed by atoms with Gasteiger partial charge in [-0.1, -0.05) is 196 Å². The van der Waals surface area contributed by atoms with Crippen LogP contribution in [-0.2, 0) is 69.9 Å². The summed E-state index contributed by atoms with van der Waals surface area (Å²) in [5.41, 5.74) is 19.2. The number of fused-ring (bicyclic) bond motifs is 2. The molecule has 11 heteroatoms. The summed E-state index contributed by atoms with van der Waals surface area (Å²) in [6, 6.07) is 70.4. The molecule has 0 aliphatic rings. The van der Waals surface area contributed by atoms with E-state index >= 15 is 0 Å². The molecule has 2 unspecified atom stereocenters. The first kappa shape index (κ1) is 86.0. The third-order valence-electron chi connectivity index (χ3n) is 18.2. The van der Waals surface area contributed by atoms with E-state index < -0.39 is 6.85 Å². The minimum atomic E-state index is -2.09. The van der Waals surface area contributed by atoms with E-state index in [-0.39, 0.29) is 113 Å². The van der Waals surface area contributed by atoms with Crippen molar-refractivity contribution in [1.82, 2.24) is 19.9 Å². The molecule has 11 aromatic rings. The van der Waals surface area contributed by atoms with E-state index in [1.807, 2.05) is 135 Å². The number of hydrogen-bond donors (Lipinski definition) is 2. The van der Waals surface area contributed by atoms with E-state index in [2.05, 4.69) is 198 Å². The molecule has 4 aromatic heterocycles. The van der Waals surface area contributed by atoms with Crippen LogP contribution in [-0.4, -0.2) is 41.7 Å². The molecule has 0 saturated carbocycles. The zero-order chi connectivity index (χ0) is 76.9. The Labute approximate surface area is 673 Å². The van der Waals surface area contributed by atoms with Crippen LogP contribution in [0, 0.1) is 89.4 Å². The Morgan fingerprint density at radius 1 is 0.448 bits per heavy atom. The molecule has 2 atom stereocenters. The number of carbonyl (C=O) groups is 2. The number of nitrogens with zero attached hydrogens (tertiary/aromatic N) is 4. The van der Waals surface area contributed by atoms with Crippen LogP contribution in [0.25, 0.3) is 77.7 Å². The second-order valence-corrected chi connectivity index (χ2v) is 26.9. The zero-order valence-electron chi connectivity index (χ0n) is 67.3. The second kappa shape index (κ2) is 46.9. The molecule has 8 nitrogen and oxygen atoms in total. The fraction of sp³-hybridized carbons (Fsp3) is 0.319. The first-order valence-corrected chi connectivity index (χ1v) is 36.2. The maximum Gasteiger partial charge on any atom is 0.162 e. The van der Waals surface area contributed by atoms with Gasteiger partial charge in [-0.2, -0.15) is 0 Å². The third-order valence-corrected chi connectivity index (χ3v) is 18.2. The number of allylic oxidation sites excluding steroid dienone is 4. The van der Waals surface area contributed by atoms with Crippen LogP contribution in [0.5, 0.6) is 0 Å². The number of carbonyl (C=O) groups excluding carboxylic acids is 2. The molecule has 11 rings (SSSR count). The van der Waals surface area contributed by atoms with Crippen molar-refractivity contribution in [3.63, 3.8) is 0 Å². The topological polar surface area (TPSA) is 126 Å².